The predicted molar refractivity (Wildman–Crippen MR) is 132 cm³/mol. The molecular formula is C20H38IN5O2S. The predicted octanol–water partition coefficient (Wildman–Crippen LogP) is 2.75. The number of hydrogen-bond donors (Lipinski definition) is 2. The number of nitrogens with zero attached hydrogens (tertiary/aromatic N) is 3. The van der Waals surface area contributed by atoms with E-state index < -0.39 is 0 Å². The van der Waals surface area contributed by atoms with Crippen LogP contribution in [0.25, 0.3) is 0 Å². The van der Waals surface area contributed by atoms with Gasteiger partial charge in [0.2, 0.25) is 0 Å². The second-order valence-electron chi connectivity index (χ2n) is 7.14. The van der Waals surface area contributed by atoms with Crippen molar-refractivity contribution in [3.05, 3.63) is 16.1 Å². The lowest BCUT2D eigenvalue weighted by Crippen LogP contribution is -2.43. The lowest BCUT2D eigenvalue weighted by Gasteiger charge is -2.31. The van der Waals surface area contributed by atoms with Gasteiger partial charge in [-0.05, 0) is 44.7 Å². The summed E-state index contributed by atoms with van der Waals surface area (Å²) < 4.78 is 10.4. The van der Waals surface area contributed by atoms with Crippen LogP contribution in [0.2, 0.25) is 0 Å². The van der Waals surface area contributed by atoms with Crippen LogP contribution in [0, 0.1) is 5.92 Å². The molecule has 0 aromatic carbocycles. The highest BCUT2D eigenvalue weighted by Crippen LogP contribution is 2.19. The first kappa shape index (κ1) is 26.5. The van der Waals surface area contributed by atoms with Gasteiger partial charge >= 0.3 is 0 Å². The largest absolute Gasteiger partial charge is 0.382 e. The van der Waals surface area contributed by atoms with Crippen molar-refractivity contribution in [1.29, 1.82) is 0 Å². The number of piperidine rings is 1. The van der Waals surface area contributed by atoms with Gasteiger partial charge < -0.3 is 20.1 Å². The molecule has 0 spiro atoms. The average molecular weight is 540 g/mol. The highest BCUT2D eigenvalue weighted by atomic mass is 127. The van der Waals surface area contributed by atoms with E-state index in [9.17, 15) is 0 Å². The molecule has 0 atom stereocenters. The number of aryl methyl sites for hydroxylation is 1. The maximum Gasteiger partial charge on any atom is 0.190 e. The fourth-order valence-electron chi connectivity index (χ4n) is 3.25. The zero-order valence-corrected chi connectivity index (χ0v) is 21.3. The van der Waals surface area contributed by atoms with Crippen LogP contribution >= 0.6 is 35.3 Å². The first-order valence-electron chi connectivity index (χ1n) is 10.4. The molecule has 0 radical (unpaired) electrons. The molecule has 2 rings (SSSR count). The zero-order valence-electron chi connectivity index (χ0n) is 18.1. The Balaban J connectivity index is 0.00000420. The summed E-state index contributed by atoms with van der Waals surface area (Å²) in [7, 11) is 3.51. The molecule has 7 nitrogen and oxygen atoms in total. The lowest BCUT2D eigenvalue weighted by atomic mass is 9.97. The van der Waals surface area contributed by atoms with Crippen molar-refractivity contribution in [2.75, 3.05) is 60.2 Å². The normalized spacial score (nSPS) is 15.9. The van der Waals surface area contributed by atoms with Gasteiger partial charge in [0.25, 0.3) is 0 Å². The van der Waals surface area contributed by atoms with Gasteiger partial charge in [0, 0.05) is 45.8 Å². The Morgan fingerprint density at radius 2 is 2.07 bits per heavy atom. The van der Waals surface area contributed by atoms with Gasteiger partial charge in [0.15, 0.2) is 5.96 Å². The van der Waals surface area contributed by atoms with Gasteiger partial charge in [-0.3, -0.25) is 9.89 Å². The highest BCUT2D eigenvalue weighted by molar-refractivity contribution is 14.0. The van der Waals surface area contributed by atoms with Crippen LogP contribution in [0.3, 0.4) is 0 Å². The summed E-state index contributed by atoms with van der Waals surface area (Å²) in [5.41, 5.74) is 1.23. The Kier molecular flexibility index (Phi) is 14.9. The second kappa shape index (κ2) is 16.2. The van der Waals surface area contributed by atoms with Gasteiger partial charge in [-0.2, -0.15) is 0 Å². The maximum absolute atomic E-state index is 5.47. The summed E-state index contributed by atoms with van der Waals surface area (Å²) in [6, 6.07) is 0. The molecular weight excluding hydrogens is 501 g/mol. The van der Waals surface area contributed by atoms with Crippen LogP contribution in [-0.2, 0) is 22.4 Å². The van der Waals surface area contributed by atoms with Crippen LogP contribution in [-0.4, -0.2) is 76.0 Å². The van der Waals surface area contributed by atoms with E-state index in [1.807, 2.05) is 7.05 Å². The molecule has 1 fully saturated rings. The number of methoxy groups -OCH3 is 1. The fraction of sp³-hybridized carbons (Fsp3) is 0.800. The van der Waals surface area contributed by atoms with Crippen LogP contribution < -0.4 is 10.6 Å². The minimum absolute atomic E-state index is 0. The summed E-state index contributed by atoms with van der Waals surface area (Å²) in [4.78, 5) is 11.5. The molecule has 1 aromatic rings. The van der Waals surface area contributed by atoms with Crippen molar-refractivity contribution in [2.45, 2.75) is 39.2 Å². The summed E-state index contributed by atoms with van der Waals surface area (Å²) in [5.74, 6) is 1.59. The van der Waals surface area contributed by atoms with Crippen molar-refractivity contribution in [3.8, 4) is 0 Å². The molecule has 0 bridgehead atoms. The Morgan fingerprint density at radius 1 is 1.28 bits per heavy atom. The number of likely N-dealkylation sites (tertiary alicyclic amines) is 1. The van der Waals surface area contributed by atoms with Crippen molar-refractivity contribution in [1.82, 2.24) is 20.5 Å². The van der Waals surface area contributed by atoms with E-state index in [2.05, 4.69) is 32.8 Å². The molecule has 2 N–H and O–H groups in total. The maximum atomic E-state index is 5.47. The monoisotopic (exact) mass is 539 g/mol. The first-order valence-corrected chi connectivity index (χ1v) is 11.3. The topological polar surface area (TPSA) is 71.0 Å². The summed E-state index contributed by atoms with van der Waals surface area (Å²) >= 11 is 1.78. The number of nitrogens with one attached hydrogen (secondary N) is 2. The Hall–Kier alpha value is -0.490. The number of rotatable bonds is 12. The minimum atomic E-state index is 0. The third-order valence-corrected chi connectivity index (χ3v) is 6.01. The first-order chi connectivity index (χ1) is 13.7. The molecule has 1 saturated heterocycles. The molecule has 0 unspecified atom stereocenters. The van der Waals surface area contributed by atoms with Gasteiger partial charge in [0.1, 0.15) is 0 Å². The molecule has 29 heavy (non-hydrogen) atoms. The molecule has 1 aromatic heterocycles. The number of hydrogen-bond acceptors (Lipinski definition) is 6. The third-order valence-electron chi connectivity index (χ3n) is 4.97. The van der Waals surface area contributed by atoms with E-state index in [0.717, 1.165) is 58.1 Å². The summed E-state index contributed by atoms with van der Waals surface area (Å²) in [6.07, 6.45) is 4.44. The highest BCUT2D eigenvalue weighted by Gasteiger charge is 2.20. The van der Waals surface area contributed by atoms with Crippen LogP contribution in [0.4, 0.5) is 0 Å². The van der Waals surface area contributed by atoms with Crippen molar-refractivity contribution < 1.29 is 9.47 Å². The van der Waals surface area contributed by atoms with Crippen LogP contribution in [0.1, 0.15) is 36.9 Å². The minimum Gasteiger partial charge on any atom is -0.382 e. The zero-order chi connectivity index (χ0) is 20.0. The molecule has 0 aliphatic carbocycles. The van der Waals surface area contributed by atoms with Crippen molar-refractivity contribution in [3.63, 3.8) is 0 Å². The summed E-state index contributed by atoms with van der Waals surface area (Å²) in [5, 5.41) is 10.3. The number of aromatic nitrogens is 1. The van der Waals surface area contributed by atoms with E-state index in [0.29, 0.717) is 19.1 Å². The van der Waals surface area contributed by atoms with Crippen LogP contribution in [0.5, 0.6) is 0 Å². The van der Waals surface area contributed by atoms with E-state index in [1.54, 1.807) is 18.4 Å². The standard InChI is InChI=1S/C20H37N5O2S.HI/c1-4-19-24-18(16-28-19)15-25-9-6-17(7-10-25)14-23-20(21-2)22-8-5-11-27-13-12-26-3;/h16-17H,4-15H2,1-3H3,(H2,21,22,23);1H. The Labute approximate surface area is 197 Å². The van der Waals surface area contributed by atoms with Crippen molar-refractivity contribution >= 4 is 41.3 Å². The average Bonchev–Trinajstić information content (AvgIpc) is 3.18. The molecule has 0 saturated carbocycles. The van der Waals surface area contributed by atoms with Gasteiger partial charge in [-0.25, -0.2) is 4.98 Å². The van der Waals surface area contributed by atoms with Crippen LogP contribution in [0.15, 0.2) is 10.4 Å². The number of aliphatic imine (C=N–C) groups is 1. The van der Waals surface area contributed by atoms with E-state index in [4.69, 9.17) is 14.5 Å². The quantitative estimate of drug-likeness (QED) is 0.184. The number of halogens is 1. The lowest BCUT2D eigenvalue weighted by molar-refractivity contribution is 0.0698. The molecule has 2 heterocycles. The van der Waals surface area contributed by atoms with Crippen molar-refractivity contribution in [2.24, 2.45) is 10.9 Å². The summed E-state index contributed by atoms with van der Waals surface area (Å²) in [6.45, 7) is 9.35. The Morgan fingerprint density at radius 3 is 2.72 bits per heavy atom. The number of guanidine groups is 1. The second-order valence-corrected chi connectivity index (χ2v) is 8.09. The molecule has 9 heteroatoms. The number of thiazole rings is 1. The molecule has 1 aliphatic rings. The fourth-order valence-corrected chi connectivity index (χ4v) is 3.98. The molecule has 168 valence electrons. The van der Waals surface area contributed by atoms with Gasteiger partial charge in [0.05, 0.1) is 23.9 Å². The van der Waals surface area contributed by atoms with E-state index in [1.165, 1.54) is 23.5 Å². The molecule has 1 aliphatic heterocycles. The van der Waals surface area contributed by atoms with Gasteiger partial charge in [-0.15, -0.1) is 35.3 Å². The van der Waals surface area contributed by atoms with Gasteiger partial charge in [-0.1, -0.05) is 6.92 Å². The Bertz CT molecular complexity index is 565. The third kappa shape index (κ3) is 10.9. The van der Waals surface area contributed by atoms with E-state index in [-0.39, 0.29) is 24.0 Å². The smallest absolute Gasteiger partial charge is 0.190 e. The SMILES string of the molecule is CCc1nc(CN2CCC(CNC(=NC)NCCCOCCOC)CC2)cs1.I. The molecule has 0 amide bonds. The number of ether oxygens (including phenoxy) is 2. The van der Waals surface area contributed by atoms with E-state index >= 15 is 0 Å².